The van der Waals surface area contributed by atoms with Crippen molar-refractivity contribution in [1.29, 1.82) is 0 Å². The lowest BCUT2D eigenvalue weighted by molar-refractivity contribution is -0.120. The van der Waals surface area contributed by atoms with Gasteiger partial charge in [0.05, 0.1) is 12.1 Å². The number of hydrogen-bond donors (Lipinski definition) is 1. The van der Waals surface area contributed by atoms with Gasteiger partial charge in [0.25, 0.3) is 0 Å². The highest BCUT2D eigenvalue weighted by atomic mass is 32.1. The SMILES string of the molecule is CCCc1ccc(/C(C)=N\NC(=O)Cc2nc(C)cs2)cc1. The summed E-state index contributed by atoms with van der Waals surface area (Å²) in [6.45, 7) is 5.98. The van der Waals surface area contributed by atoms with Crippen molar-refractivity contribution in [3.05, 3.63) is 51.5 Å². The second-order valence-electron chi connectivity index (χ2n) is 5.24. The van der Waals surface area contributed by atoms with E-state index in [0.717, 1.165) is 34.8 Å². The van der Waals surface area contributed by atoms with Crippen LogP contribution in [0.2, 0.25) is 0 Å². The summed E-state index contributed by atoms with van der Waals surface area (Å²) in [5.74, 6) is -0.142. The number of rotatable bonds is 6. The maximum atomic E-state index is 11.8. The first kappa shape index (κ1) is 16.4. The van der Waals surface area contributed by atoms with E-state index in [1.54, 1.807) is 0 Å². The quantitative estimate of drug-likeness (QED) is 0.655. The lowest BCUT2D eigenvalue weighted by atomic mass is 10.1. The highest BCUT2D eigenvalue weighted by molar-refractivity contribution is 7.09. The lowest BCUT2D eigenvalue weighted by Crippen LogP contribution is -2.21. The third-order valence-corrected chi connectivity index (χ3v) is 4.20. The van der Waals surface area contributed by atoms with E-state index in [2.05, 4.69) is 34.6 Å². The molecule has 0 saturated carbocycles. The fraction of sp³-hybridized carbons (Fsp3) is 0.353. The van der Waals surface area contributed by atoms with Crippen LogP contribution in [-0.2, 0) is 17.6 Å². The first-order chi connectivity index (χ1) is 10.6. The van der Waals surface area contributed by atoms with Crippen molar-refractivity contribution in [2.75, 3.05) is 0 Å². The Labute approximate surface area is 135 Å². The molecule has 0 aliphatic carbocycles. The van der Waals surface area contributed by atoms with Crippen LogP contribution in [0.1, 0.15) is 42.1 Å². The molecule has 2 aromatic rings. The Morgan fingerprint density at radius 1 is 1.32 bits per heavy atom. The van der Waals surface area contributed by atoms with E-state index in [-0.39, 0.29) is 12.3 Å². The number of thiazole rings is 1. The average Bonchev–Trinajstić information content (AvgIpc) is 2.91. The summed E-state index contributed by atoms with van der Waals surface area (Å²) < 4.78 is 0. The molecule has 1 aromatic heterocycles. The van der Waals surface area contributed by atoms with Crippen molar-refractivity contribution in [2.24, 2.45) is 5.10 Å². The maximum Gasteiger partial charge on any atom is 0.246 e. The minimum atomic E-state index is -0.142. The maximum absolute atomic E-state index is 11.8. The van der Waals surface area contributed by atoms with Crippen molar-refractivity contribution in [3.8, 4) is 0 Å². The van der Waals surface area contributed by atoms with Crippen LogP contribution in [0.25, 0.3) is 0 Å². The molecule has 0 bridgehead atoms. The number of hydrogen-bond acceptors (Lipinski definition) is 4. The van der Waals surface area contributed by atoms with Crippen molar-refractivity contribution >= 4 is 23.0 Å². The Morgan fingerprint density at radius 3 is 2.64 bits per heavy atom. The predicted octanol–water partition coefficient (Wildman–Crippen LogP) is 3.49. The number of aromatic nitrogens is 1. The van der Waals surface area contributed by atoms with Gasteiger partial charge in [-0.2, -0.15) is 5.10 Å². The molecule has 0 fully saturated rings. The number of nitrogens with one attached hydrogen (secondary N) is 1. The number of hydrazone groups is 1. The summed E-state index contributed by atoms with van der Waals surface area (Å²) in [5, 5.41) is 6.92. The Morgan fingerprint density at radius 2 is 2.05 bits per heavy atom. The molecule has 0 unspecified atom stereocenters. The first-order valence-electron chi connectivity index (χ1n) is 7.42. The molecule has 5 heteroatoms. The highest BCUT2D eigenvalue weighted by Crippen LogP contribution is 2.09. The largest absolute Gasteiger partial charge is 0.273 e. The topological polar surface area (TPSA) is 54.4 Å². The molecule has 0 atom stereocenters. The monoisotopic (exact) mass is 315 g/mol. The summed E-state index contributed by atoms with van der Waals surface area (Å²) in [4.78, 5) is 16.1. The van der Waals surface area contributed by atoms with Crippen LogP contribution in [0.4, 0.5) is 0 Å². The molecule has 0 radical (unpaired) electrons. The Balaban J connectivity index is 1.92. The van der Waals surface area contributed by atoms with Gasteiger partial charge >= 0.3 is 0 Å². The minimum absolute atomic E-state index is 0.142. The minimum Gasteiger partial charge on any atom is -0.273 e. The smallest absolute Gasteiger partial charge is 0.246 e. The van der Waals surface area contributed by atoms with Gasteiger partial charge in [0, 0.05) is 11.1 Å². The van der Waals surface area contributed by atoms with Crippen LogP contribution in [0.5, 0.6) is 0 Å². The van der Waals surface area contributed by atoms with E-state index in [1.807, 2.05) is 31.4 Å². The van der Waals surface area contributed by atoms with Gasteiger partial charge < -0.3 is 0 Å². The fourth-order valence-electron chi connectivity index (χ4n) is 2.07. The molecule has 0 aliphatic rings. The molecule has 1 amide bonds. The van der Waals surface area contributed by atoms with E-state index in [4.69, 9.17) is 0 Å². The molecule has 22 heavy (non-hydrogen) atoms. The van der Waals surface area contributed by atoms with Crippen LogP contribution in [0.15, 0.2) is 34.7 Å². The Hall–Kier alpha value is -2.01. The number of amides is 1. The van der Waals surface area contributed by atoms with Crippen molar-refractivity contribution < 1.29 is 4.79 Å². The summed E-state index contributed by atoms with van der Waals surface area (Å²) in [7, 11) is 0. The third kappa shape index (κ3) is 4.77. The average molecular weight is 315 g/mol. The molecule has 1 aromatic carbocycles. The Bertz CT molecular complexity index is 659. The number of carbonyl (C=O) groups is 1. The van der Waals surface area contributed by atoms with Gasteiger partial charge in [-0.15, -0.1) is 11.3 Å². The summed E-state index contributed by atoms with van der Waals surface area (Å²) in [6, 6.07) is 8.30. The van der Waals surface area contributed by atoms with E-state index in [0.29, 0.717) is 0 Å². The van der Waals surface area contributed by atoms with Gasteiger partial charge in [-0.1, -0.05) is 37.6 Å². The van der Waals surface area contributed by atoms with Gasteiger partial charge in [-0.3, -0.25) is 4.79 Å². The third-order valence-electron chi connectivity index (χ3n) is 3.24. The molecular formula is C17H21N3OS. The molecule has 0 aliphatic heterocycles. The number of nitrogens with zero attached hydrogens (tertiary/aromatic N) is 2. The molecular weight excluding hydrogens is 294 g/mol. The molecule has 2 rings (SSSR count). The lowest BCUT2D eigenvalue weighted by Gasteiger charge is -2.04. The van der Waals surface area contributed by atoms with Crippen LogP contribution in [0.3, 0.4) is 0 Å². The first-order valence-corrected chi connectivity index (χ1v) is 8.30. The zero-order valence-electron chi connectivity index (χ0n) is 13.2. The molecule has 4 nitrogen and oxygen atoms in total. The molecule has 0 spiro atoms. The fourth-order valence-corrected chi connectivity index (χ4v) is 2.84. The summed E-state index contributed by atoms with van der Waals surface area (Å²) in [6.07, 6.45) is 2.49. The number of aryl methyl sites for hydroxylation is 2. The molecule has 1 N–H and O–H groups in total. The molecule has 0 saturated heterocycles. The van der Waals surface area contributed by atoms with E-state index in [1.165, 1.54) is 16.9 Å². The number of benzene rings is 1. The second-order valence-corrected chi connectivity index (χ2v) is 6.18. The van der Waals surface area contributed by atoms with Crippen LogP contribution < -0.4 is 5.43 Å². The van der Waals surface area contributed by atoms with E-state index >= 15 is 0 Å². The van der Waals surface area contributed by atoms with Gasteiger partial charge in [0.1, 0.15) is 5.01 Å². The zero-order valence-corrected chi connectivity index (χ0v) is 14.0. The number of carbonyl (C=O) groups excluding carboxylic acids is 1. The van der Waals surface area contributed by atoms with Crippen molar-refractivity contribution in [1.82, 2.24) is 10.4 Å². The summed E-state index contributed by atoms with van der Waals surface area (Å²) >= 11 is 1.49. The van der Waals surface area contributed by atoms with E-state index in [9.17, 15) is 4.79 Å². The summed E-state index contributed by atoms with van der Waals surface area (Å²) in [5.41, 5.74) is 6.68. The van der Waals surface area contributed by atoms with Crippen LogP contribution in [0, 0.1) is 6.92 Å². The van der Waals surface area contributed by atoms with Crippen molar-refractivity contribution in [3.63, 3.8) is 0 Å². The zero-order chi connectivity index (χ0) is 15.9. The highest BCUT2D eigenvalue weighted by Gasteiger charge is 2.06. The van der Waals surface area contributed by atoms with Gasteiger partial charge in [-0.05, 0) is 31.4 Å². The standard InChI is InChI=1S/C17H21N3OS/c1-4-5-14-6-8-15(9-7-14)13(3)19-20-16(21)10-17-18-12(2)11-22-17/h6-9,11H,4-5,10H2,1-3H3,(H,20,21)/b19-13-. The Kier molecular flexibility index (Phi) is 5.83. The predicted molar refractivity (Wildman–Crippen MR) is 91.3 cm³/mol. The van der Waals surface area contributed by atoms with Crippen LogP contribution in [-0.4, -0.2) is 16.6 Å². The van der Waals surface area contributed by atoms with Gasteiger partial charge in [0.2, 0.25) is 5.91 Å². The normalized spacial score (nSPS) is 11.5. The van der Waals surface area contributed by atoms with Crippen LogP contribution >= 0.6 is 11.3 Å². The van der Waals surface area contributed by atoms with Gasteiger partial charge in [0.15, 0.2) is 0 Å². The van der Waals surface area contributed by atoms with Crippen molar-refractivity contribution in [2.45, 2.75) is 40.0 Å². The van der Waals surface area contributed by atoms with Gasteiger partial charge in [-0.25, -0.2) is 10.4 Å². The van der Waals surface area contributed by atoms with E-state index < -0.39 is 0 Å². The molecule has 116 valence electrons. The second kappa shape index (κ2) is 7.84. The molecule has 1 heterocycles.